The lowest BCUT2D eigenvalue weighted by Gasteiger charge is -2.31. The van der Waals surface area contributed by atoms with Crippen LogP contribution in [0.1, 0.15) is 19.3 Å². The van der Waals surface area contributed by atoms with E-state index in [9.17, 15) is 4.39 Å². The summed E-state index contributed by atoms with van der Waals surface area (Å²) in [5.74, 6) is 1.00. The van der Waals surface area contributed by atoms with E-state index in [0.717, 1.165) is 44.8 Å². The number of morpholine rings is 1. The number of piperidine rings is 1. The van der Waals surface area contributed by atoms with Crippen LogP contribution >= 0.6 is 0 Å². The lowest BCUT2D eigenvalue weighted by atomic mass is 10.1. The van der Waals surface area contributed by atoms with Gasteiger partial charge in [0.15, 0.2) is 0 Å². The molecule has 4 heterocycles. The summed E-state index contributed by atoms with van der Waals surface area (Å²) >= 11 is 0. The lowest BCUT2D eigenvalue weighted by Crippen LogP contribution is -2.37. The van der Waals surface area contributed by atoms with Gasteiger partial charge < -0.3 is 20.3 Å². The molecular formula is C18H23FN6O. The van der Waals surface area contributed by atoms with Gasteiger partial charge in [-0.2, -0.15) is 9.37 Å². The maximum absolute atomic E-state index is 14.4. The highest BCUT2D eigenvalue weighted by molar-refractivity contribution is 5.66. The van der Waals surface area contributed by atoms with Crippen molar-refractivity contribution < 1.29 is 9.13 Å². The van der Waals surface area contributed by atoms with Gasteiger partial charge in [-0.3, -0.25) is 0 Å². The smallest absolute Gasteiger partial charge is 0.227 e. The summed E-state index contributed by atoms with van der Waals surface area (Å²) in [6, 6.07) is 5.05. The van der Waals surface area contributed by atoms with E-state index in [-0.39, 0.29) is 5.82 Å². The highest BCUT2D eigenvalue weighted by atomic mass is 19.1. The fourth-order valence-corrected chi connectivity index (χ4v) is 3.39. The molecular weight excluding hydrogens is 335 g/mol. The Labute approximate surface area is 152 Å². The summed E-state index contributed by atoms with van der Waals surface area (Å²) in [6.45, 7) is 4.70. The highest BCUT2D eigenvalue weighted by Gasteiger charge is 2.21. The van der Waals surface area contributed by atoms with E-state index in [1.54, 1.807) is 12.1 Å². The summed E-state index contributed by atoms with van der Waals surface area (Å²) in [4.78, 5) is 17.5. The second kappa shape index (κ2) is 7.41. The molecule has 0 bridgehead atoms. The van der Waals surface area contributed by atoms with Gasteiger partial charge in [0.1, 0.15) is 11.6 Å². The zero-order chi connectivity index (χ0) is 17.9. The van der Waals surface area contributed by atoms with Crippen LogP contribution in [0.5, 0.6) is 0 Å². The Hall–Kier alpha value is -2.48. The number of halogens is 1. The first-order chi connectivity index (χ1) is 12.7. The molecule has 0 radical (unpaired) electrons. The minimum absolute atomic E-state index is 0.157. The largest absolute Gasteiger partial charge is 0.384 e. The van der Waals surface area contributed by atoms with E-state index in [2.05, 4.69) is 19.8 Å². The van der Waals surface area contributed by atoms with Crippen LogP contribution in [0.4, 0.5) is 22.0 Å². The van der Waals surface area contributed by atoms with E-state index in [0.29, 0.717) is 30.4 Å². The van der Waals surface area contributed by atoms with Crippen LogP contribution in [-0.4, -0.2) is 54.3 Å². The molecule has 0 aromatic carbocycles. The molecule has 2 N–H and O–H groups in total. The Bertz CT molecular complexity index is 738. The van der Waals surface area contributed by atoms with Gasteiger partial charge in [-0.05, 0) is 31.4 Å². The fourth-order valence-electron chi connectivity index (χ4n) is 3.39. The van der Waals surface area contributed by atoms with Crippen molar-refractivity contribution in [3.05, 3.63) is 24.1 Å². The van der Waals surface area contributed by atoms with Crippen LogP contribution in [0.25, 0.3) is 11.3 Å². The third-order valence-electron chi connectivity index (χ3n) is 4.82. The summed E-state index contributed by atoms with van der Waals surface area (Å²) in [7, 11) is 0. The minimum Gasteiger partial charge on any atom is -0.384 e. The van der Waals surface area contributed by atoms with Crippen molar-refractivity contribution in [3.8, 4) is 11.3 Å². The molecule has 2 aliphatic rings. The van der Waals surface area contributed by atoms with Crippen molar-refractivity contribution in [2.75, 3.05) is 54.9 Å². The molecule has 26 heavy (non-hydrogen) atoms. The van der Waals surface area contributed by atoms with Crippen LogP contribution in [0, 0.1) is 5.95 Å². The number of anilines is 3. The third-order valence-corrected chi connectivity index (χ3v) is 4.82. The van der Waals surface area contributed by atoms with Gasteiger partial charge in [0.05, 0.1) is 24.5 Å². The quantitative estimate of drug-likeness (QED) is 0.842. The topological polar surface area (TPSA) is 80.4 Å². The van der Waals surface area contributed by atoms with Gasteiger partial charge in [-0.1, -0.05) is 0 Å². The van der Waals surface area contributed by atoms with E-state index in [4.69, 9.17) is 15.5 Å². The molecule has 2 fully saturated rings. The predicted octanol–water partition coefficient (Wildman–Crippen LogP) is 2.09. The Morgan fingerprint density at radius 1 is 0.923 bits per heavy atom. The van der Waals surface area contributed by atoms with E-state index in [1.165, 1.54) is 6.42 Å². The molecule has 0 unspecified atom stereocenters. The van der Waals surface area contributed by atoms with Gasteiger partial charge in [0, 0.05) is 32.2 Å². The number of nitrogen functional groups attached to an aromatic ring is 1. The van der Waals surface area contributed by atoms with E-state index >= 15 is 0 Å². The zero-order valence-corrected chi connectivity index (χ0v) is 14.7. The van der Waals surface area contributed by atoms with Crippen LogP contribution < -0.4 is 15.5 Å². The summed E-state index contributed by atoms with van der Waals surface area (Å²) < 4.78 is 19.8. The molecule has 0 aliphatic carbocycles. The standard InChI is InChI=1S/C18H23FN6O/c19-17-13(4-5-15(20)22-17)14-12-16(24-8-10-26-11-9-24)23-18(21-14)25-6-2-1-3-7-25/h4-5,12H,1-3,6-11H2,(H2,20,22). The SMILES string of the molecule is Nc1ccc(-c2cc(N3CCOCC3)nc(N3CCCCC3)n2)c(F)n1. The maximum Gasteiger partial charge on any atom is 0.227 e. The molecule has 2 aliphatic heterocycles. The first-order valence-corrected chi connectivity index (χ1v) is 9.10. The van der Waals surface area contributed by atoms with Crippen LogP contribution in [0.3, 0.4) is 0 Å². The van der Waals surface area contributed by atoms with Crippen molar-refractivity contribution in [2.45, 2.75) is 19.3 Å². The van der Waals surface area contributed by atoms with Crippen LogP contribution in [0.2, 0.25) is 0 Å². The lowest BCUT2D eigenvalue weighted by molar-refractivity contribution is 0.122. The second-order valence-corrected chi connectivity index (χ2v) is 6.63. The molecule has 0 saturated carbocycles. The molecule has 0 spiro atoms. The minimum atomic E-state index is -0.610. The number of rotatable bonds is 3. The Balaban J connectivity index is 1.76. The van der Waals surface area contributed by atoms with Gasteiger partial charge in [-0.25, -0.2) is 9.97 Å². The number of aromatic nitrogens is 3. The summed E-state index contributed by atoms with van der Waals surface area (Å²) in [5.41, 5.74) is 6.46. The normalized spacial score (nSPS) is 18.2. The molecule has 2 aromatic rings. The highest BCUT2D eigenvalue weighted by Crippen LogP contribution is 2.28. The second-order valence-electron chi connectivity index (χ2n) is 6.63. The number of hydrogen-bond donors (Lipinski definition) is 1. The van der Waals surface area contributed by atoms with Crippen molar-refractivity contribution in [1.29, 1.82) is 0 Å². The molecule has 2 aromatic heterocycles. The maximum atomic E-state index is 14.4. The van der Waals surface area contributed by atoms with Crippen LogP contribution in [0.15, 0.2) is 18.2 Å². The van der Waals surface area contributed by atoms with Crippen molar-refractivity contribution in [1.82, 2.24) is 15.0 Å². The molecule has 138 valence electrons. The Kier molecular flexibility index (Phi) is 4.83. The van der Waals surface area contributed by atoms with Gasteiger partial charge in [0.2, 0.25) is 11.9 Å². The van der Waals surface area contributed by atoms with Gasteiger partial charge in [0.25, 0.3) is 0 Å². The van der Waals surface area contributed by atoms with E-state index in [1.807, 2.05) is 6.07 Å². The molecule has 4 rings (SSSR count). The van der Waals surface area contributed by atoms with Gasteiger partial charge >= 0.3 is 0 Å². The van der Waals surface area contributed by atoms with Crippen molar-refractivity contribution in [3.63, 3.8) is 0 Å². The number of ether oxygens (including phenoxy) is 1. The van der Waals surface area contributed by atoms with E-state index < -0.39 is 5.95 Å². The molecule has 2 saturated heterocycles. The summed E-state index contributed by atoms with van der Waals surface area (Å²) in [6.07, 6.45) is 3.47. The molecule has 0 amide bonds. The van der Waals surface area contributed by atoms with Crippen molar-refractivity contribution >= 4 is 17.6 Å². The first-order valence-electron chi connectivity index (χ1n) is 9.10. The first kappa shape index (κ1) is 17.0. The molecule has 8 heteroatoms. The molecule has 7 nitrogen and oxygen atoms in total. The molecule has 0 atom stereocenters. The van der Waals surface area contributed by atoms with Crippen LogP contribution in [-0.2, 0) is 4.74 Å². The van der Waals surface area contributed by atoms with Crippen molar-refractivity contribution in [2.24, 2.45) is 0 Å². The summed E-state index contributed by atoms with van der Waals surface area (Å²) in [5, 5.41) is 0. The Morgan fingerprint density at radius 3 is 2.42 bits per heavy atom. The third kappa shape index (κ3) is 3.55. The number of pyridine rings is 1. The van der Waals surface area contributed by atoms with Gasteiger partial charge in [-0.15, -0.1) is 0 Å². The Morgan fingerprint density at radius 2 is 1.69 bits per heavy atom. The zero-order valence-electron chi connectivity index (χ0n) is 14.7. The average molecular weight is 358 g/mol. The fraction of sp³-hybridized carbons (Fsp3) is 0.500. The average Bonchev–Trinajstić information content (AvgIpc) is 2.69. The number of hydrogen-bond acceptors (Lipinski definition) is 7. The monoisotopic (exact) mass is 358 g/mol. The number of nitrogens with two attached hydrogens (primary N) is 1. The predicted molar refractivity (Wildman–Crippen MR) is 98.7 cm³/mol. The number of nitrogens with zero attached hydrogens (tertiary/aromatic N) is 5.